The first-order chi connectivity index (χ1) is 8.90. The van der Waals surface area contributed by atoms with Crippen LogP contribution in [0.1, 0.15) is 45.6 Å². The van der Waals surface area contributed by atoms with Gasteiger partial charge in [0.1, 0.15) is 0 Å². The van der Waals surface area contributed by atoms with Gasteiger partial charge < -0.3 is 10.0 Å². The molecule has 1 aromatic carbocycles. The maximum absolute atomic E-state index is 9.25. The number of hydrogen-bond acceptors (Lipinski definition) is 3. The largest absolute Gasteiger partial charge is 0.488 e. The van der Waals surface area contributed by atoms with Gasteiger partial charge in [0.05, 0.1) is 0 Å². The zero-order valence-corrected chi connectivity index (χ0v) is 12.1. The highest BCUT2D eigenvalue weighted by Crippen LogP contribution is 2.32. The predicted molar refractivity (Wildman–Crippen MR) is 79.2 cm³/mol. The molecule has 1 fully saturated rings. The zero-order valence-electron chi connectivity index (χ0n) is 12.1. The number of likely N-dealkylation sites (tertiary alicyclic amines) is 1. The minimum atomic E-state index is -1.38. The fourth-order valence-electron chi connectivity index (χ4n) is 3.14. The Hall–Kier alpha value is -0.835. The Morgan fingerprint density at radius 1 is 1.37 bits per heavy atom. The summed E-state index contributed by atoms with van der Waals surface area (Å²) in [5, 5.41) is 18.5. The maximum Gasteiger partial charge on any atom is 0.488 e. The average molecular weight is 261 g/mol. The van der Waals surface area contributed by atoms with Crippen molar-refractivity contribution in [2.24, 2.45) is 0 Å². The zero-order chi connectivity index (χ0) is 14.0. The first kappa shape index (κ1) is 14.6. The van der Waals surface area contributed by atoms with E-state index in [0.29, 0.717) is 11.5 Å². The highest BCUT2D eigenvalue weighted by molar-refractivity contribution is 6.58. The van der Waals surface area contributed by atoms with E-state index < -0.39 is 7.12 Å². The summed E-state index contributed by atoms with van der Waals surface area (Å²) in [4.78, 5) is 2.53. The quantitative estimate of drug-likeness (QED) is 0.811. The van der Waals surface area contributed by atoms with Gasteiger partial charge >= 0.3 is 7.12 Å². The summed E-state index contributed by atoms with van der Waals surface area (Å²) in [6, 6.07) is 8.17. The number of rotatable bonds is 3. The molecule has 2 rings (SSSR count). The second-order valence-corrected chi connectivity index (χ2v) is 6.30. The van der Waals surface area contributed by atoms with Gasteiger partial charge in [-0.25, -0.2) is 0 Å². The van der Waals surface area contributed by atoms with Crippen LogP contribution in [-0.4, -0.2) is 33.6 Å². The van der Waals surface area contributed by atoms with Crippen molar-refractivity contribution in [3.63, 3.8) is 0 Å². The van der Waals surface area contributed by atoms with Crippen LogP contribution >= 0.6 is 0 Å². The number of piperidine rings is 1. The Morgan fingerprint density at radius 2 is 2.11 bits per heavy atom. The molecule has 1 saturated heterocycles. The van der Waals surface area contributed by atoms with E-state index in [9.17, 15) is 10.0 Å². The van der Waals surface area contributed by atoms with Crippen molar-refractivity contribution >= 4 is 12.6 Å². The van der Waals surface area contributed by atoms with E-state index in [4.69, 9.17) is 0 Å². The fraction of sp³-hybridized carbons (Fsp3) is 0.600. The number of hydrogen-bond donors (Lipinski definition) is 2. The molecule has 0 aliphatic carbocycles. The minimum absolute atomic E-state index is 0.214. The molecule has 4 heteroatoms. The minimum Gasteiger partial charge on any atom is -0.423 e. The van der Waals surface area contributed by atoms with Gasteiger partial charge in [-0.15, -0.1) is 0 Å². The van der Waals surface area contributed by atoms with Crippen LogP contribution in [0.5, 0.6) is 0 Å². The summed E-state index contributed by atoms with van der Waals surface area (Å²) in [7, 11) is -1.38. The lowest BCUT2D eigenvalue weighted by atomic mass is 9.79. The van der Waals surface area contributed by atoms with Crippen molar-refractivity contribution in [1.29, 1.82) is 0 Å². The Balaban J connectivity index is 2.17. The third-order valence-electron chi connectivity index (χ3n) is 4.32. The first-order valence-corrected chi connectivity index (χ1v) is 7.12. The predicted octanol–water partition coefficient (Wildman–Crippen LogP) is 1.52. The monoisotopic (exact) mass is 261 g/mol. The van der Waals surface area contributed by atoms with Crippen molar-refractivity contribution in [1.82, 2.24) is 4.90 Å². The molecule has 19 heavy (non-hydrogen) atoms. The van der Waals surface area contributed by atoms with Gasteiger partial charge in [0, 0.05) is 18.1 Å². The van der Waals surface area contributed by atoms with Crippen LogP contribution in [-0.2, 0) is 6.54 Å². The first-order valence-electron chi connectivity index (χ1n) is 7.12. The van der Waals surface area contributed by atoms with E-state index in [1.807, 2.05) is 12.1 Å². The van der Waals surface area contributed by atoms with Crippen molar-refractivity contribution in [3.8, 4) is 0 Å². The second-order valence-electron chi connectivity index (χ2n) is 6.30. The van der Waals surface area contributed by atoms with Crippen LogP contribution < -0.4 is 5.46 Å². The normalized spacial score (nSPS) is 23.3. The molecule has 104 valence electrons. The molecule has 1 aromatic rings. The molecule has 0 amide bonds. The third-order valence-corrected chi connectivity index (χ3v) is 4.32. The van der Waals surface area contributed by atoms with Gasteiger partial charge in [-0.3, -0.25) is 4.90 Å². The van der Waals surface area contributed by atoms with E-state index in [0.717, 1.165) is 12.1 Å². The Labute approximate surface area is 116 Å². The van der Waals surface area contributed by atoms with Crippen LogP contribution in [0, 0.1) is 0 Å². The molecule has 0 radical (unpaired) electrons. The molecule has 2 N–H and O–H groups in total. The molecular formula is C15H24BNO2. The van der Waals surface area contributed by atoms with Gasteiger partial charge in [-0.1, -0.05) is 30.7 Å². The lowest BCUT2D eigenvalue weighted by Gasteiger charge is -2.47. The molecule has 0 spiro atoms. The lowest BCUT2D eigenvalue weighted by molar-refractivity contribution is 0.0239. The van der Waals surface area contributed by atoms with Crippen molar-refractivity contribution in [2.45, 2.75) is 58.2 Å². The van der Waals surface area contributed by atoms with Crippen molar-refractivity contribution in [3.05, 3.63) is 29.8 Å². The third kappa shape index (κ3) is 3.38. The second kappa shape index (κ2) is 5.65. The molecule has 3 nitrogen and oxygen atoms in total. The van der Waals surface area contributed by atoms with Gasteiger partial charge in [0.25, 0.3) is 0 Å². The molecule has 1 aliphatic rings. The van der Waals surface area contributed by atoms with Crippen LogP contribution in [0.3, 0.4) is 0 Å². The molecule has 0 saturated carbocycles. The molecule has 1 heterocycles. The Kier molecular flexibility index (Phi) is 4.34. The van der Waals surface area contributed by atoms with E-state index in [2.05, 4.69) is 31.7 Å². The highest BCUT2D eigenvalue weighted by atomic mass is 16.4. The van der Waals surface area contributed by atoms with Crippen LogP contribution in [0.2, 0.25) is 0 Å². The molecular weight excluding hydrogens is 237 g/mol. The summed E-state index contributed by atoms with van der Waals surface area (Å²) < 4.78 is 0. The van der Waals surface area contributed by atoms with Crippen molar-refractivity contribution in [2.75, 3.05) is 0 Å². The van der Waals surface area contributed by atoms with Crippen LogP contribution in [0.15, 0.2) is 24.3 Å². The molecule has 0 bridgehead atoms. The van der Waals surface area contributed by atoms with Crippen LogP contribution in [0.4, 0.5) is 0 Å². The van der Waals surface area contributed by atoms with Crippen LogP contribution in [0.25, 0.3) is 0 Å². The molecule has 1 unspecified atom stereocenters. The van der Waals surface area contributed by atoms with Gasteiger partial charge in [0.2, 0.25) is 0 Å². The average Bonchev–Trinajstić information content (AvgIpc) is 2.34. The van der Waals surface area contributed by atoms with Gasteiger partial charge in [-0.2, -0.15) is 0 Å². The van der Waals surface area contributed by atoms with Crippen molar-refractivity contribution < 1.29 is 10.0 Å². The standard InChI is InChI=1S/C15H24BNO2/c1-12-6-5-9-15(2,3)17(12)11-13-7-4-8-14(10-13)16(18)19/h4,7-8,10,12,18-19H,5-6,9,11H2,1-3H3. The summed E-state index contributed by atoms with van der Waals surface area (Å²) in [5.74, 6) is 0. The smallest absolute Gasteiger partial charge is 0.423 e. The summed E-state index contributed by atoms with van der Waals surface area (Å²) >= 11 is 0. The Bertz CT molecular complexity index is 434. The SMILES string of the molecule is CC1CCCC(C)(C)N1Cc1cccc(B(O)O)c1. The fourth-order valence-corrected chi connectivity index (χ4v) is 3.14. The Morgan fingerprint density at radius 3 is 2.74 bits per heavy atom. The summed E-state index contributed by atoms with van der Waals surface area (Å²) in [5.41, 5.74) is 1.93. The highest BCUT2D eigenvalue weighted by Gasteiger charge is 2.33. The van der Waals surface area contributed by atoms with E-state index in [-0.39, 0.29) is 5.54 Å². The van der Waals surface area contributed by atoms with Gasteiger partial charge in [-0.05, 0) is 44.6 Å². The van der Waals surface area contributed by atoms with E-state index in [1.54, 1.807) is 6.07 Å². The molecule has 1 atom stereocenters. The van der Waals surface area contributed by atoms with E-state index in [1.165, 1.54) is 19.3 Å². The topological polar surface area (TPSA) is 43.7 Å². The van der Waals surface area contributed by atoms with E-state index >= 15 is 0 Å². The maximum atomic E-state index is 9.25. The summed E-state index contributed by atoms with van der Waals surface area (Å²) in [6.45, 7) is 7.75. The molecule has 0 aromatic heterocycles. The summed E-state index contributed by atoms with van der Waals surface area (Å²) in [6.07, 6.45) is 3.76. The number of nitrogens with zero attached hydrogens (tertiary/aromatic N) is 1. The molecule has 1 aliphatic heterocycles. The number of benzene rings is 1. The van der Waals surface area contributed by atoms with Gasteiger partial charge in [0.15, 0.2) is 0 Å². The lowest BCUT2D eigenvalue weighted by Crippen LogP contribution is -2.51.